The molecule has 0 saturated carbocycles. The van der Waals surface area contributed by atoms with Crippen LogP contribution in [-0.2, 0) is 0 Å². The average molecular weight is 356 g/mol. The lowest BCUT2D eigenvalue weighted by atomic mass is 10.0. The summed E-state index contributed by atoms with van der Waals surface area (Å²) in [7, 11) is 0. The molecular weight excluding hydrogens is 336 g/mol. The lowest BCUT2D eigenvalue weighted by Crippen LogP contribution is -2.40. The molecular formula is C17H20N6O3. The zero-order chi connectivity index (χ0) is 18.7. The molecule has 3 heterocycles. The molecule has 0 aromatic carbocycles. The number of carbonyl (C=O) groups excluding carboxylic acids is 1. The van der Waals surface area contributed by atoms with Gasteiger partial charge in [0.05, 0.1) is 10.5 Å². The van der Waals surface area contributed by atoms with Crippen LogP contribution in [0.3, 0.4) is 0 Å². The van der Waals surface area contributed by atoms with Crippen molar-refractivity contribution in [2.75, 3.05) is 23.3 Å². The molecule has 1 amide bonds. The number of nitro groups is 1. The van der Waals surface area contributed by atoms with Crippen LogP contribution >= 0.6 is 0 Å². The number of carbonyl (C=O) groups is 1. The minimum absolute atomic E-state index is 0.0750. The van der Waals surface area contributed by atoms with Crippen molar-refractivity contribution in [3.05, 3.63) is 51.8 Å². The van der Waals surface area contributed by atoms with Gasteiger partial charge in [-0.05, 0) is 31.9 Å². The van der Waals surface area contributed by atoms with Crippen molar-refractivity contribution in [2.45, 2.75) is 25.8 Å². The quantitative estimate of drug-likeness (QED) is 0.618. The van der Waals surface area contributed by atoms with Crippen LogP contribution in [0.2, 0.25) is 0 Å². The second-order valence-corrected chi connectivity index (χ2v) is 6.26. The van der Waals surface area contributed by atoms with Crippen LogP contribution in [0.25, 0.3) is 0 Å². The summed E-state index contributed by atoms with van der Waals surface area (Å²) in [6.45, 7) is 3.27. The summed E-state index contributed by atoms with van der Waals surface area (Å²) in [5.41, 5.74) is 6.17. The van der Waals surface area contributed by atoms with Crippen LogP contribution < -0.4 is 16.0 Å². The van der Waals surface area contributed by atoms with Gasteiger partial charge in [-0.3, -0.25) is 14.9 Å². The van der Waals surface area contributed by atoms with E-state index in [9.17, 15) is 14.9 Å². The second kappa shape index (κ2) is 7.34. The van der Waals surface area contributed by atoms with Crippen molar-refractivity contribution in [1.29, 1.82) is 0 Å². The predicted molar refractivity (Wildman–Crippen MR) is 97.2 cm³/mol. The molecule has 3 N–H and O–H groups in total. The van der Waals surface area contributed by atoms with E-state index in [0.29, 0.717) is 18.9 Å². The first kappa shape index (κ1) is 17.6. The number of nitrogens with zero attached hydrogens (tertiary/aromatic N) is 4. The Balaban J connectivity index is 1.69. The standard InChI is InChI=1S/C17H20N6O3/c1-11-3-2-4-15(20-11)21-12-5-7-22(8-6-12)17-14(16(18)24)9-13(10-19-17)23(25)26/h2-4,9-10,12H,5-8H2,1H3,(H2,18,24)(H,20,21). The largest absolute Gasteiger partial charge is 0.367 e. The fourth-order valence-corrected chi connectivity index (χ4v) is 3.05. The summed E-state index contributed by atoms with van der Waals surface area (Å²) < 4.78 is 0. The van der Waals surface area contributed by atoms with Crippen molar-refractivity contribution >= 4 is 23.2 Å². The number of hydrogen-bond donors (Lipinski definition) is 2. The van der Waals surface area contributed by atoms with E-state index >= 15 is 0 Å². The molecule has 0 atom stereocenters. The first-order chi connectivity index (χ1) is 12.4. The predicted octanol–water partition coefficient (Wildman–Crippen LogP) is 1.87. The monoisotopic (exact) mass is 356 g/mol. The van der Waals surface area contributed by atoms with Gasteiger partial charge in [-0.1, -0.05) is 6.07 Å². The third-order valence-corrected chi connectivity index (χ3v) is 4.36. The molecule has 0 spiro atoms. The highest BCUT2D eigenvalue weighted by molar-refractivity contribution is 5.98. The van der Waals surface area contributed by atoms with Gasteiger partial charge in [-0.15, -0.1) is 0 Å². The third-order valence-electron chi connectivity index (χ3n) is 4.36. The molecule has 0 radical (unpaired) electrons. The number of nitrogens with one attached hydrogen (secondary N) is 1. The van der Waals surface area contributed by atoms with Crippen molar-refractivity contribution in [3.63, 3.8) is 0 Å². The smallest absolute Gasteiger partial charge is 0.288 e. The number of pyridine rings is 2. The molecule has 1 aliphatic rings. The maximum absolute atomic E-state index is 11.7. The Kier molecular flexibility index (Phi) is 4.97. The topological polar surface area (TPSA) is 127 Å². The Bertz CT molecular complexity index is 833. The van der Waals surface area contributed by atoms with Gasteiger partial charge < -0.3 is 16.0 Å². The van der Waals surface area contributed by atoms with Gasteiger partial charge in [0.1, 0.15) is 17.8 Å². The molecule has 2 aromatic heterocycles. The second-order valence-electron chi connectivity index (χ2n) is 6.26. The maximum Gasteiger partial charge on any atom is 0.288 e. The van der Waals surface area contributed by atoms with E-state index in [-0.39, 0.29) is 17.3 Å². The van der Waals surface area contributed by atoms with Crippen LogP contribution in [0.4, 0.5) is 17.3 Å². The number of aryl methyl sites for hydroxylation is 1. The Morgan fingerprint density at radius 1 is 1.38 bits per heavy atom. The zero-order valence-electron chi connectivity index (χ0n) is 14.4. The Morgan fingerprint density at radius 3 is 2.73 bits per heavy atom. The highest BCUT2D eigenvalue weighted by atomic mass is 16.6. The van der Waals surface area contributed by atoms with E-state index in [0.717, 1.165) is 30.6 Å². The number of primary amides is 1. The van der Waals surface area contributed by atoms with E-state index in [1.54, 1.807) is 0 Å². The Labute approximate surface area is 150 Å². The molecule has 1 aliphatic heterocycles. The number of amides is 1. The summed E-state index contributed by atoms with van der Waals surface area (Å²) in [5.74, 6) is 0.519. The van der Waals surface area contributed by atoms with Gasteiger partial charge in [-0.25, -0.2) is 9.97 Å². The lowest BCUT2D eigenvalue weighted by Gasteiger charge is -2.34. The molecule has 9 heteroatoms. The number of anilines is 2. The molecule has 136 valence electrons. The molecule has 0 aliphatic carbocycles. The van der Waals surface area contributed by atoms with Gasteiger partial charge >= 0.3 is 0 Å². The molecule has 0 bridgehead atoms. The van der Waals surface area contributed by atoms with E-state index in [4.69, 9.17) is 5.73 Å². The van der Waals surface area contributed by atoms with Crippen LogP contribution in [0.5, 0.6) is 0 Å². The number of piperidine rings is 1. The van der Waals surface area contributed by atoms with Crippen molar-refractivity contribution in [1.82, 2.24) is 9.97 Å². The number of nitrogens with two attached hydrogens (primary N) is 1. The maximum atomic E-state index is 11.7. The van der Waals surface area contributed by atoms with Gasteiger partial charge in [0, 0.05) is 30.9 Å². The van der Waals surface area contributed by atoms with E-state index in [2.05, 4.69) is 15.3 Å². The normalized spacial score (nSPS) is 14.9. The van der Waals surface area contributed by atoms with Crippen LogP contribution in [0.15, 0.2) is 30.5 Å². The van der Waals surface area contributed by atoms with Crippen molar-refractivity contribution < 1.29 is 9.72 Å². The molecule has 3 rings (SSSR count). The highest BCUT2D eigenvalue weighted by Crippen LogP contribution is 2.26. The first-order valence-electron chi connectivity index (χ1n) is 8.33. The average Bonchev–Trinajstić information content (AvgIpc) is 2.62. The Morgan fingerprint density at radius 2 is 2.12 bits per heavy atom. The van der Waals surface area contributed by atoms with Gasteiger partial charge in [0.25, 0.3) is 11.6 Å². The summed E-state index contributed by atoms with van der Waals surface area (Å²) in [5, 5.41) is 14.3. The highest BCUT2D eigenvalue weighted by Gasteiger charge is 2.25. The first-order valence-corrected chi connectivity index (χ1v) is 8.33. The van der Waals surface area contributed by atoms with Crippen molar-refractivity contribution in [3.8, 4) is 0 Å². The zero-order valence-corrected chi connectivity index (χ0v) is 14.4. The summed E-state index contributed by atoms with van der Waals surface area (Å²) in [6, 6.07) is 7.28. The van der Waals surface area contributed by atoms with Crippen molar-refractivity contribution in [2.24, 2.45) is 5.73 Å². The lowest BCUT2D eigenvalue weighted by molar-refractivity contribution is -0.385. The number of rotatable bonds is 5. The fraction of sp³-hybridized carbons (Fsp3) is 0.353. The van der Waals surface area contributed by atoms with Crippen LogP contribution in [0.1, 0.15) is 28.9 Å². The summed E-state index contributed by atoms with van der Waals surface area (Å²) in [4.78, 5) is 32.5. The molecule has 9 nitrogen and oxygen atoms in total. The van der Waals surface area contributed by atoms with E-state index in [1.807, 2.05) is 30.0 Å². The minimum atomic E-state index is -0.722. The van der Waals surface area contributed by atoms with Gasteiger partial charge in [-0.2, -0.15) is 0 Å². The van der Waals surface area contributed by atoms with Gasteiger partial charge in [0.2, 0.25) is 0 Å². The Hall–Kier alpha value is -3.23. The number of hydrogen-bond acceptors (Lipinski definition) is 7. The molecule has 1 saturated heterocycles. The molecule has 1 fully saturated rings. The fourth-order valence-electron chi connectivity index (χ4n) is 3.05. The summed E-state index contributed by atoms with van der Waals surface area (Å²) in [6.07, 6.45) is 2.81. The summed E-state index contributed by atoms with van der Waals surface area (Å²) >= 11 is 0. The van der Waals surface area contributed by atoms with Crippen LogP contribution in [-0.4, -0.2) is 39.9 Å². The van der Waals surface area contributed by atoms with E-state index in [1.165, 1.54) is 6.07 Å². The number of aromatic nitrogens is 2. The third kappa shape index (κ3) is 3.88. The van der Waals surface area contributed by atoms with Gasteiger partial charge in [0.15, 0.2) is 0 Å². The minimum Gasteiger partial charge on any atom is -0.367 e. The van der Waals surface area contributed by atoms with Crippen LogP contribution in [0, 0.1) is 17.0 Å². The van der Waals surface area contributed by atoms with E-state index < -0.39 is 10.8 Å². The molecule has 26 heavy (non-hydrogen) atoms. The molecule has 0 unspecified atom stereocenters. The SMILES string of the molecule is Cc1cccc(NC2CCN(c3ncc([N+](=O)[O-])cc3C(N)=O)CC2)n1. The molecule has 2 aromatic rings.